The van der Waals surface area contributed by atoms with Gasteiger partial charge in [-0.25, -0.2) is 4.79 Å². The van der Waals surface area contributed by atoms with Crippen LogP contribution in [0.1, 0.15) is 25.7 Å². The predicted molar refractivity (Wildman–Crippen MR) is 56.5 cm³/mol. The van der Waals surface area contributed by atoms with Crippen molar-refractivity contribution in [2.45, 2.75) is 31.7 Å². The molecule has 0 aromatic heterocycles. The minimum Gasteiger partial charge on any atom is -0.325 e. The average Bonchev–Trinajstić information content (AvgIpc) is 2.67. The van der Waals surface area contributed by atoms with Crippen LogP contribution in [-0.4, -0.2) is 48.7 Å². The first-order valence-corrected chi connectivity index (χ1v) is 5.80. The highest BCUT2D eigenvalue weighted by Crippen LogP contribution is 2.25. The zero-order chi connectivity index (χ0) is 10.8. The van der Waals surface area contributed by atoms with Crippen LogP contribution in [0.25, 0.3) is 0 Å². The van der Waals surface area contributed by atoms with Gasteiger partial charge >= 0.3 is 6.03 Å². The number of nitrogens with zero attached hydrogens (tertiary/aromatic N) is 2. The van der Waals surface area contributed by atoms with Gasteiger partial charge in [0.1, 0.15) is 0 Å². The molecule has 3 nitrogen and oxygen atoms in total. The zero-order valence-corrected chi connectivity index (χ0v) is 9.29. The second-order valence-electron chi connectivity index (χ2n) is 4.76. The van der Waals surface area contributed by atoms with E-state index in [0.717, 1.165) is 12.8 Å². The Hall–Kier alpha value is -0.800. The van der Waals surface area contributed by atoms with Crippen LogP contribution in [-0.2, 0) is 0 Å². The first-order valence-electron chi connectivity index (χ1n) is 5.80. The maximum Gasteiger partial charge on any atom is 0.320 e. The molecule has 2 fully saturated rings. The fourth-order valence-corrected chi connectivity index (χ4v) is 2.49. The summed E-state index contributed by atoms with van der Waals surface area (Å²) < 4.78 is 12.2. The van der Waals surface area contributed by atoms with Crippen molar-refractivity contribution in [3.05, 3.63) is 0 Å². The van der Waals surface area contributed by atoms with Gasteiger partial charge < -0.3 is 9.80 Å². The highest BCUT2D eigenvalue weighted by Gasteiger charge is 2.34. The van der Waals surface area contributed by atoms with Crippen molar-refractivity contribution in [2.75, 3.05) is 26.8 Å². The van der Waals surface area contributed by atoms with E-state index in [2.05, 4.69) is 0 Å². The van der Waals surface area contributed by atoms with Crippen molar-refractivity contribution in [2.24, 2.45) is 5.92 Å². The Balaban J connectivity index is 1.80. The Bertz CT molecular complexity index is 235. The van der Waals surface area contributed by atoms with Crippen molar-refractivity contribution in [1.29, 1.82) is 0 Å². The molecule has 0 unspecified atom stereocenters. The number of amides is 2. The van der Waals surface area contributed by atoms with E-state index >= 15 is 0 Å². The molecular formula is C11H19FN2O. The van der Waals surface area contributed by atoms with Crippen LogP contribution in [0.4, 0.5) is 9.18 Å². The van der Waals surface area contributed by atoms with Gasteiger partial charge in [-0.1, -0.05) is 12.8 Å². The normalized spacial score (nSPS) is 22.9. The van der Waals surface area contributed by atoms with E-state index in [0.29, 0.717) is 19.1 Å². The molecule has 15 heavy (non-hydrogen) atoms. The van der Waals surface area contributed by atoms with Crippen molar-refractivity contribution < 1.29 is 9.18 Å². The van der Waals surface area contributed by atoms with Gasteiger partial charge in [-0.3, -0.25) is 4.39 Å². The van der Waals surface area contributed by atoms with Gasteiger partial charge in [0.15, 0.2) is 0 Å². The third-order valence-corrected chi connectivity index (χ3v) is 3.62. The molecule has 0 atom stereocenters. The molecule has 1 aliphatic carbocycles. The first kappa shape index (κ1) is 10.7. The fourth-order valence-electron chi connectivity index (χ4n) is 2.49. The molecule has 1 heterocycles. The SMILES string of the molecule is CN(C(=O)N1CC(CF)C1)C1CCCC1. The number of likely N-dealkylation sites (tertiary alicyclic amines) is 1. The summed E-state index contributed by atoms with van der Waals surface area (Å²) in [4.78, 5) is 15.5. The molecule has 2 amide bonds. The second kappa shape index (κ2) is 4.37. The molecule has 4 heteroatoms. The van der Waals surface area contributed by atoms with E-state index in [1.807, 2.05) is 11.9 Å². The van der Waals surface area contributed by atoms with Gasteiger partial charge in [0, 0.05) is 32.1 Å². The van der Waals surface area contributed by atoms with Gasteiger partial charge in [0.05, 0.1) is 6.67 Å². The van der Waals surface area contributed by atoms with Crippen LogP contribution < -0.4 is 0 Å². The first-order chi connectivity index (χ1) is 7.22. The lowest BCUT2D eigenvalue weighted by atomic mass is 10.0. The van der Waals surface area contributed by atoms with E-state index in [1.54, 1.807) is 4.90 Å². The summed E-state index contributed by atoms with van der Waals surface area (Å²) in [5.41, 5.74) is 0. The Morgan fingerprint density at radius 1 is 1.40 bits per heavy atom. The van der Waals surface area contributed by atoms with Gasteiger partial charge in [-0.05, 0) is 12.8 Å². The Morgan fingerprint density at radius 3 is 2.53 bits per heavy atom. The molecular weight excluding hydrogens is 195 g/mol. The third kappa shape index (κ3) is 2.08. The number of carbonyl (C=O) groups excluding carboxylic acids is 1. The minimum atomic E-state index is -0.295. The number of halogens is 1. The maximum atomic E-state index is 12.2. The molecule has 0 bridgehead atoms. The maximum absolute atomic E-state index is 12.2. The number of carbonyl (C=O) groups is 1. The summed E-state index contributed by atoms with van der Waals surface area (Å²) in [7, 11) is 1.88. The number of urea groups is 1. The van der Waals surface area contributed by atoms with Crippen LogP contribution in [0.3, 0.4) is 0 Å². The van der Waals surface area contributed by atoms with E-state index in [-0.39, 0.29) is 18.6 Å². The molecule has 1 saturated heterocycles. The lowest BCUT2D eigenvalue weighted by molar-refractivity contribution is 0.0759. The Labute approximate surface area is 90.2 Å². The summed E-state index contributed by atoms with van der Waals surface area (Å²) >= 11 is 0. The molecule has 86 valence electrons. The van der Waals surface area contributed by atoms with E-state index in [4.69, 9.17) is 0 Å². The second-order valence-corrected chi connectivity index (χ2v) is 4.76. The molecule has 0 aromatic carbocycles. The molecule has 2 aliphatic rings. The van der Waals surface area contributed by atoms with Gasteiger partial charge in [-0.2, -0.15) is 0 Å². The molecule has 0 aromatic rings. The fraction of sp³-hybridized carbons (Fsp3) is 0.909. The van der Waals surface area contributed by atoms with Crippen LogP contribution in [0.15, 0.2) is 0 Å². The molecule has 0 N–H and O–H groups in total. The van der Waals surface area contributed by atoms with Crippen molar-refractivity contribution >= 4 is 6.03 Å². The highest BCUT2D eigenvalue weighted by atomic mass is 19.1. The number of alkyl halides is 1. The van der Waals surface area contributed by atoms with Crippen molar-refractivity contribution in [3.8, 4) is 0 Å². The summed E-state index contributed by atoms with van der Waals surface area (Å²) in [6.45, 7) is 0.912. The standard InChI is InChI=1S/C11H19FN2O/c1-13(10-4-2-3-5-10)11(15)14-7-9(6-12)8-14/h9-10H,2-8H2,1H3. The van der Waals surface area contributed by atoms with Crippen molar-refractivity contribution in [3.63, 3.8) is 0 Å². The Morgan fingerprint density at radius 2 is 2.00 bits per heavy atom. The molecule has 0 spiro atoms. The zero-order valence-electron chi connectivity index (χ0n) is 9.29. The summed E-state index contributed by atoms with van der Waals surface area (Å²) in [5.74, 6) is 0.0888. The largest absolute Gasteiger partial charge is 0.325 e. The molecule has 2 rings (SSSR count). The van der Waals surface area contributed by atoms with E-state index in [9.17, 15) is 9.18 Å². The highest BCUT2D eigenvalue weighted by molar-refractivity contribution is 5.75. The smallest absolute Gasteiger partial charge is 0.320 e. The number of hydrogen-bond acceptors (Lipinski definition) is 1. The molecule has 1 aliphatic heterocycles. The molecule has 1 saturated carbocycles. The quantitative estimate of drug-likeness (QED) is 0.688. The third-order valence-electron chi connectivity index (χ3n) is 3.62. The van der Waals surface area contributed by atoms with Gasteiger partial charge in [0.25, 0.3) is 0 Å². The van der Waals surface area contributed by atoms with Crippen LogP contribution in [0.5, 0.6) is 0 Å². The summed E-state index contributed by atoms with van der Waals surface area (Å²) in [5, 5.41) is 0. The summed E-state index contributed by atoms with van der Waals surface area (Å²) in [6.07, 6.45) is 4.72. The van der Waals surface area contributed by atoms with E-state index < -0.39 is 0 Å². The minimum absolute atomic E-state index is 0.0888. The van der Waals surface area contributed by atoms with Crippen LogP contribution in [0, 0.1) is 5.92 Å². The summed E-state index contributed by atoms with van der Waals surface area (Å²) in [6, 6.07) is 0.508. The van der Waals surface area contributed by atoms with Gasteiger partial charge in [0.2, 0.25) is 0 Å². The topological polar surface area (TPSA) is 23.6 Å². The lowest BCUT2D eigenvalue weighted by Crippen LogP contribution is -2.56. The lowest BCUT2D eigenvalue weighted by Gasteiger charge is -2.41. The Kier molecular flexibility index (Phi) is 3.12. The average molecular weight is 214 g/mol. The van der Waals surface area contributed by atoms with Crippen LogP contribution in [0.2, 0.25) is 0 Å². The van der Waals surface area contributed by atoms with E-state index in [1.165, 1.54) is 12.8 Å². The number of hydrogen-bond donors (Lipinski definition) is 0. The van der Waals surface area contributed by atoms with Gasteiger partial charge in [-0.15, -0.1) is 0 Å². The molecule has 0 radical (unpaired) electrons. The monoisotopic (exact) mass is 214 g/mol. The van der Waals surface area contributed by atoms with Crippen molar-refractivity contribution in [1.82, 2.24) is 9.80 Å². The predicted octanol–water partition coefficient (Wildman–Crippen LogP) is 1.88. The van der Waals surface area contributed by atoms with Crippen LogP contribution >= 0.6 is 0 Å². The number of rotatable bonds is 2.